The zero-order valence-corrected chi connectivity index (χ0v) is 18.9. The van der Waals surface area contributed by atoms with Gasteiger partial charge in [-0.2, -0.15) is 0 Å². The molecule has 1 heterocycles. The van der Waals surface area contributed by atoms with Crippen LogP contribution in [0.5, 0.6) is 0 Å². The molecule has 0 aliphatic rings. The maximum Gasteiger partial charge on any atom is 0.257 e. The summed E-state index contributed by atoms with van der Waals surface area (Å²) in [4.78, 5) is 20.6. The van der Waals surface area contributed by atoms with Gasteiger partial charge in [0.05, 0.1) is 21.8 Å². The molecule has 0 spiro atoms. The van der Waals surface area contributed by atoms with E-state index in [1.54, 1.807) is 24.3 Å². The highest BCUT2D eigenvalue weighted by Crippen LogP contribution is 2.21. The van der Waals surface area contributed by atoms with Crippen molar-refractivity contribution in [1.29, 1.82) is 0 Å². The van der Waals surface area contributed by atoms with Crippen molar-refractivity contribution in [1.82, 2.24) is 14.5 Å². The standard InChI is InChI=1S/C23H30N4O2S/c1-5-26(6-2)15-16-27-21-10-8-7-9-20(21)24-23(27)25-22(28)18-11-13-19(14-12-18)30(29)17(3)4/h7-14,17H,5-6,15-16H2,1-4H3,(H,24,25,28). The number of imidazole rings is 1. The molecule has 0 fully saturated rings. The molecule has 0 bridgehead atoms. The second-order valence-corrected chi connectivity index (χ2v) is 9.44. The molecule has 7 heteroatoms. The van der Waals surface area contributed by atoms with Gasteiger partial charge in [0.15, 0.2) is 0 Å². The molecule has 0 radical (unpaired) electrons. The fraction of sp³-hybridized carbons (Fsp3) is 0.391. The number of fused-ring (bicyclic) bond motifs is 1. The number of nitrogens with one attached hydrogen (secondary N) is 1. The fourth-order valence-electron chi connectivity index (χ4n) is 3.36. The van der Waals surface area contributed by atoms with E-state index in [2.05, 4.69) is 33.6 Å². The van der Waals surface area contributed by atoms with E-state index in [-0.39, 0.29) is 11.2 Å². The third-order valence-electron chi connectivity index (χ3n) is 5.19. The van der Waals surface area contributed by atoms with Crippen molar-refractivity contribution < 1.29 is 9.00 Å². The van der Waals surface area contributed by atoms with Crippen LogP contribution in [-0.4, -0.2) is 49.5 Å². The lowest BCUT2D eigenvalue weighted by Gasteiger charge is -2.19. The lowest BCUT2D eigenvalue weighted by atomic mass is 10.2. The van der Waals surface area contributed by atoms with Crippen LogP contribution in [0.1, 0.15) is 38.1 Å². The van der Waals surface area contributed by atoms with E-state index in [9.17, 15) is 9.00 Å². The Bertz CT molecular complexity index is 1020. The van der Waals surface area contributed by atoms with Crippen molar-refractivity contribution in [2.75, 3.05) is 25.0 Å². The zero-order valence-electron chi connectivity index (χ0n) is 18.1. The summed E-state index contributed by atoms with van der Waals surface area (Å²) in [5.74, 6) is 0.319. The van der Waals surface area contributed by atoms with Gasteiger partial charge in [-0.1, -0.05) is 39.8 Å². The molecule has 0 aliphatic carbocycles. The quantitative estimate of drug-likeness (QED) is 0.558. The smallest absolute Gasteiger partial charge is 0.257 e. The number of amides is 1. The van der Waals surface area contributed by atoms with E-state index < -0.39 is 10.8 Å². The first-order valence-corrected chi connectivity index (χ1v) is 11.7. The minimum Gasteiger partial charge on any atom is -0.309 e. The van der Waals surface area contributed by atoms with Crippen LogP contribution >= 0.6 is 0 Å². The number of aromatic nitrogens is 2. The SMILES string of the molecule is CCN(CC)CCn1c(NC(=O)c2ccc(S(=O)C(C)C)cc2)nc2ccccc21. The Balaban J connectivity index is 1.83. The molecule has 3 rings (SSSR count). The zero-order chi connectivity index (χ0) is 21.7. The van der Waals surface area contributed by atoms with Crippen molar-refractivity contribution in [2.24, 2.45) is 0 Å². The highest BCUT2D eigenvalue weighted by molar-refractivity contribution is 7.85. The van der Waals surface area contributed by atoms with Crippen LogP contribution in [0.25, 0.3) is 11.0 Å². The summed E-state index contributed by atoms with van der Waals surface area (Å²) >= 11 is 0. The predicted molar refractivity (Wildman–Crippen MR) is 123 cm³/mol. The van der Waals surface area contributed by atoms with Crippen molar-refractivity contribution in [3.8, 4) is 0 Å². The van der Waals surface area contributed by atoms with Gasteiger partial charge in [-0.15, -0.1) is 0 Å². The Kier molecular flexibility index (Phi) is 7.39. The Labute approximate surface area is 180 Å². The average Bonchev–Trinajstić information content (AvgIpc) is 3.11. The first-order chi connectivity index (χ1) is 14.4. The van der Waals surface area contributed by atoms with Gasteiger partial charge in [-0.3, -0.25) is 14.3 Å². The number of carbonyl (C=O) groups is 1. The summed E-state index contributed by atoms with van der Waals surface area (Å²) in [5.41, 5.74) is 2.37. The van der Waals surface area contributed by atoms with E-state index in [0.29, 0.717) is 11.5 Å². The van der Waals surface area contributed by atoms with Crippen LogP contribution in [0.2, 0.25) is 0 Å². The van der Waals surface area contributed by atoms with Crippen LogP contribution < -0.4 is 5.32 Å². The number of carbonyl (C=O) groups excluding carboxylic acids is 1. The monoisotopic (exact) mass is 426 g/mol. The highest BCUT2D eigenvalue weighted by atomic mass is 32.2. The Morgan fingerprint density at radius 3 is 2.40 bits per heavy atom. The number of para-hydroxylation sites is 2. The van der Waals surface area contributed by atoms with Gasteiger partial charge < -0.3 is 9.47 Å². The molecule has 160 valence electrons. The Hall–Kier alpha value is -2.51. The van der Waals surface area contributed by atoms with E-state index in [4.69, 9.17) is 0 Å². The number of likely N-dealkylation sites (N-methyl/N-ethyl adjacent to an activating group) is 1. The summed E-state index contributed by atoms with van der Waals surface area (Å²) in [6.07, 6.45) is 0. The third-order valence-corrected chi connectivity index (χ3v) is 6.78. The predicted octanol–water partition coefficient (Wildman–Crippen LogP) is 4.15. The first kappa shape index (κ1) is 22.2. The van der Waals surface area contributed by atoms with Gasteiger partial charge in [0.2, 0.25) is 5.95 Å². The lowest BCUT2D eigenvalue weighted by Crippen LogP contribution is -2.27. The number of benzene rings is 2. The molecule has 2 aromatic carbocycles. The number of nitrogens with zero attached hydrogens (tertiary/aromatic N) is 3. The second kappa shape index (κ2) is 10.00. The summed E-state index contributed by atoms with van der Waals surface area (Å²) < 4.78 is 14.3. The maximum absolute atomic E-state index is 12.9. The molecule has 1 aromatic heterocycles. The average molecular weight is 427 g/mol. The molecule has 0 saturated carbocycles. The number of hydrogen-bond acceptors (Lipinski definition) is 4. The van der Waals surface area contributed by atoms with Gasteiger partial charge in [0.1, 0.15) is 0 Å². The van der Waals surface area contributed by atoms with E-state index in [0.717, 1.165) is 42.1 Å². The minimum absolute atomic E-state index is 0.0374. The normalized spacial score (nSPS) is 12.6. The third kappa shape index (κ3) is 4.96. The fourth-order valence-corrected chi connectivity index (χ4v) is 4.31. The van der Waals surface area contributed by atoms with Gasteiger partial charge in [0, 0.05) is 28.8 Å². The molecule has 0 saturated heterocycles. The van der Waals surface area contributed by atoms with Crippen LogP contribution in [-0.2, 0) is 17.3 Å². The largest absolute Gasteiger partial charge is 0.309 e. The van der Waals surface area contributed by atoms with E-state index in [1.165, 1.54) is 0 Å². The van der Waals surface area contributed by atoms with Crippen LogP contribution in [0, 0.1) is 0 Å². The van der Waals surface area contributed by atoms with Crippen LogP contribution in [0.4, 0.5) is 5.95 Å². The van der Waals surface area contributed by atoms with Gasteiger partial charge in [0.25, 0.3) is 5.91 Å². The molecule has 6 nitrogen and oxygen atoms in total. The molecule has 1 amide bonds. The van der Waals surface area contributed by atoms with Gasteiger partial charge in [-0.05, 0) is 49.5 Å². The number of hydrogen-bond donors (Lipinski definition) is 1. The summed E-state index contributed by atoms with van der Waals surface area (Å²) in [6, 6.07) is 14.9. The van der Waals surface area contributed by atoms with Crippen molar-refractivity contribution in [2.45, 2.75) is 44.4 Å². The first-order valence-electron chi connectivity index (χ1n) is 10.4. The van der Waals surface area contributed by atoms with Crippen molar-refractivity contribution in [3.05, 3.63) is 54.1 Å². The minimum atomic E-state index is -1.07. The Morgan fingerprint density at radius 1 is 1.10 bits per heavy atom. The van der Waals surface area contributed by atoms with Gasteiger partial charge >= 0.3 is 0 Å². The second-order valence-electron chi connectivity index (χ2n) is 7.43. The number of rotatable bonds is 9. The molecular weight excluding hydrogens is 396 g/mol. The molecule has 1 atom stereocenters. The maximum atomic E-state index is 12.9. The van der Waals surface area contributed by atoms with Gasteiger partial charge in [-0.25, -0.2) is 4.98 Å². The van der Waals surface area contributed by atoms with Crippen LogP contribution in [0.15, 0.2) is 53.4 Å². The summed E-state index contributed by atoms with van der Waals surface area (Å²) in [5, 5.41) is 3.00. The van der Waals surface area contributed by atoms with E-state index >= 15 is 0 Å². The summed E-state index contributed by atoms with van der Waals surface area (Å²) in [7, 11) is -1.07. The Morgan fingerprint density at radius 2 is 1.77 bits per heavy atom. The molecule has 1 N–H and O–H groups in total. The van der Waals surface area contributed by atoms with E-state index in [1.807, 2.05) is 38.1 Å². The van der Waals surface area contributed by atoms with Crippen LogP contribution in [0.3, 0.4) is 0 Å². The molecular formula is C23H30N4O2S. The van der Waals surface area contributed by atoms with Crippen molar-refractivity contribution >= 4 is 33.7 Å². The molecule has 1 unspecified atom stereocenters. The molecule has 3 aromatic rings. The topological polar surface area (TPSA) is 67.2 Å². The lowest BCUT2D eigenvalue weighted by molar-refractivity contribution is 0.102. The van der Waals surface area contributed by atoms with Crippen molar-refractivity contribution in [3.63, 3.8) is 0 Å². The highest BCUT2D eigenvalue weighted by Gasteiger charge is 2.16. The summed E-state index contributed by atoms with van der Waals surface area (Å²) in [6.45, 7) is 11.7. The molecule has 0 aliphatic heterocycles. The molecule has 30 heavy (non-hydrogen) atoms. The number of anilines is 1.